The van der Waals surface area contributed by atoms with Crippen molar-refractivity contribution in [1.82, 2.24) is 0 Å². The lowest BCUT2D eigenvalue weighted by Crippen LogP contribution is -2.23. The van der Waals surface area contributed by atoms with Crippen LogP contribution >= 0.6 is 0 Å². The molecule has 76 valence electrons. The van der Waals surface area contributed by atoms with Gasteiger partial charge in [0.1, 0.15) is 0 Å². The summed E-state index contributed by atoms with van der Waals surface area (Å²) in [6, 6.07) is 0. The first-order chi connectivity index (χ1) is 6.22. The first kappa shape index (κ1) is 10.7. The summed E-state index contributed by atoms with van der Waals surface area (Å²) in [5.41, 5.74) is 1.09. The Morgan fingerprint density at radius 3 is 2.46 bits per heavy atom. The van der Waals surface area contributed by atoms with Gasteiger partial charge < -0.3 is 9.84 Å². The van der Waals surface area contributed by atoms with Crippen molar-refractivity contribution in [2.24, 2.45) is 5.92 Å². The molecule has 0 aromatic rings. The molecule has 1 rings (SSSR count). The number of rotatable bonds is 4. The van der Waals surface area contributed by atoms with E-state index in [2.05, 4.69) is 6.58 Å². The largest absolute Gasteiger partial charge is 0.396 e. The Hall–Kier alpha value is -0.340. The van der Waals surface area contributed by atoms with Gasteiger partial charge in [-0.25, -0.2) is 0 Å². The van der Waals surface area contributed by atoms with Gasteiger partial charge in [0, 0.05) is 6.61 Å². The summed E-state index contributed by atoms with van der Waals surface area (Å²) in [6.07, 6.45) is 4.81. The number of hydrogen-bond donors (Lipinski definition) is 1. The second-order valence-corrected chi connectivity index (χ2v) is 4.09. The highest BCUT2D eigenvalue weighted by molar-refractivity contribution is 4.88. The van der Waals surface area contributed by atoms with E-state index in [1.54, 1.807) is 0 Å². The monoisotopic (exact) mass is 184 g/mol. The summed E-state index contributed by atoms with van der Waals surface area (Å²) in [4.78, 5) is 0. The molecule has 0 heterocycles. The molecule has 0 spiro atoms. The van der Waals surface area contributed by atoms with Crippen LogP contribution in [0.5, 0.6) is 0 Å². The average Bonchev–Trinajstić information content (AvgIpc) is 2.15. The second-order valence-electron chi connectivity index (χ2n) is 4.09. The Balaban J connectivity index is 2.14. The van der Waals surface area contributed by atoms with Crippen LogP contribution in [0.3, 0.4) is 0 Å². The van der Waals surface area contributed by atoms with Gasteiger partial charge in [0.2, 0.25) is 0 Å². The van der Waals surface area contributed by atoms with E-state index in [0.29, 0.717) is 25.2 Å². The summed E-state index contributed by atoms with van der Waals surface area (Å²) in [6.45, 7) is 6.82. The molecular weight excluding hydrogens is 164 g/mol. The summed E-state index contributed by atoms with van der Waals surface area (Å²) in [7, 11) is 0. The number of hydrogen-bond acceptors (Lipinski definition) is 2. The highest BCUT2D eigenvalue weighted by Gasteiger charge is 2.20. The Morgan fingerprint density at radius 2 is 2.00 bits per heavy atom. The molecule has 0 aliphatic heterocycles. The highest BCUT2D eigenvalue weighted by Crippen LogP contribution is 2.25. The molecule has 0 aromatic carbocycles. The fourth-order valence-electron chi connectivity index (χ4n) is 1.74. The summed E-state index contributed by atoms with van der Waals surface area (Å²) in [5.74, 6) is 0.518. The summed E-state index contributed by atoms with van der Waals surface area (Å²) >= 11 is 0. The van der Waals surface area contributed by atoms with E-state index in [-0.39, 0.29) is 0 Å². The fourth-order valence-corrected chi connectivity index (χ4v) is 1.74. The second kappa shape index (κ2) is 5.40. The molecule has 1 saturated carbocycles. The molecule has 0 bridgehead atoms. The smallest absolute Gasteiger partial charge is 0.0675 e. The summed E-state index contributed by atoms with van der Waals surface area (Å²) < 4.78 is 5.66. The van der Waals surface area contributed by atoms with E-state index in [0.717, 1.165) is 31.3 Å². The van der Waals surface area contributed by atoms with E-state index in [1.807, 2.05) is 6.92 Å². The maximum absolute atomic E-state index is 8.94. The zero-order valence-corrected chi connectivity index (χ0v) is 8.46. The zero-order valence-electron chi connectivity index (χ0n) is 8.46. The van der Waals surface area contributed by atoms with Crippen LogP contribution in [0.15, 0.2) is 12.2 Å². The normalized spacial score (nSPS) is 28.8. The van der Waals surface area contributed by atoms with Gasteiger partial charge in [-0.15, -0.1) is 0 Å². The van der Waals surface area contributed by atoms with Crippen molar-refractivity contribution in [3.63, 3.8) is 0 Å². The van der Waals surface area contributed by atoms with Gasteiger partial charge in [-0.3, -0.25) is 0 Å². The first-order valence-electron chi connectivity index (χ1n) is 5.09. The van der Waals surface area contributed by atoms with Crippen molar-refractivity contribution in [3.8, 4) is 0 Å². The third kappa shape index (κ3) is 3.92. The van der Waals surface area contributed by atoms with Crippen LogP contribution in [0.2, 0.25) is 0 Å². The molecule has 1 fully saturated rings. The maximum Gasteiger partial charge on any atom is 0.0675 e. The van der Waals surface area contributed by atoms with E-state index in [4.69, 9.17) is 9.84 Å². The topological polar surface area (TPSA) is 29.5 Å². The van der Waals surface area contributed by atoms with E-state index in [1.165, 1.54) is 0 Å². The molecule has 0 unspecified atom stereocenters. The average molecular weight is 184 g/mol. The maximum atomic E-state index is 8.94. The van der Waals surface area contributed by atoms with Gasteiger partial charge >= 0.3 is 0 Å². The van der Waals surface area contributed by atoms with Crippen molar-refractivity contribution in [2.75, 3.05) is 13.2 Å². The minimum atomic E-state index is 0.340. The molecule has 0 amide bonds. The van der Waals surface area contributed by atoms with Crippen molar-refractivity contribution >= 4 is 0 Å². The van der Waals surface area contributed by atoms with E-state index >= 15 is 0 Å². The molecule has 0 aromatic heterocycles. The minimum Gasteiger partial charge on any atom is -0.396 e. The SMILES string of the molecule is C=C(C)COC1CCC(CO)CC1. The Labute approximate surface area is 80.6 Å². The van der Waals surface area contributed by atoms with Crippen molar-refractivity contribution < 1.29 is 9.84 Å². The predicted molar refractivity (Wildman–Crippen MR) is 53.6 cm³/mol. The van der Waals surface area contributed by atoms with Gasteiger partial charge in [-0.05, 0) is 38.5 Å². The van der Waals surface area contributed by atoms with Crippen LogP contribution in [0, 0.1) is 5.92 Å². The molecule has 13 heavy (non-hydrogen) atoms. The zero-order chi connectivity index (χ0) is 9.68. The Bertz CT molecular complexity index is 157. The molecule has 0 radical (unpaired) electrons. The first-order valence-corrected chi connectivity index (χ1v) is 5.09. The van der Waals surface area contributed by atoms with Gasteiger partial charge in [0.15, 0.2) is 0 Å². The van der Waals surface area contributed by atoms with Crippen LogP contribution in [0.4, 0.5) is 0 Å². The van der Waals surface area contributed by atoms with Crippen LogP contribution < -0.4 is 0 Å². The number of aliphatic hydroxyl groups is 1. The summed E-state index contributed by atoms with van der Waals surface area (Å²) in [5, 5.41) is 8.94. The van der Waals surface area contributed by atoms with Crippen molar-refractivity contribution in [3.05, 3.63) is 12.2 Å². The van der Waals surface area contributed by atoms with Gasteiger partial charge in [0.05, 0.1) is 12.7 Å². The highest BCUT2D eigenvalue weighted by atomic mass is 16.5. The fraction of sp³-hybridized carbons (Fsp3) is 0.818. The molecule has 1 aliphatic carbocycles. The Kier molecular flexibility index (Phi) is 4.46. The molecule has 2 nitrogen and oxygen atoms in total. The van der Waals surface area contributed by atoms with Crippen LogP contribution in [-0.4, -0.2) is 24.4 Å². The molecule has 0 saturated heterocycles. The van der Waals surface area contributed by atoms with Crippen molar-refractivity contribution in [2.45, 2.75) is 38.7 Å². The lowest BCUT2D eigenvalue weighted by molar-refractivity contribution is 0.0233. The van der Waals surface area contributed by atoms with E-state index in [9.17, 15) is 0 Å². The number of aliphatic hydroxyl groups excluding tert-OH is 1. The molecule has 2 heteroatoms. The molecule has 0 atom stereocenters. The van der Waals surface area contributed by atoms with Crippen LogP contribution in [0.1, 0.15) is 32.6 Å². The lowest BCUT2D eigenvalue weighted by Gasteiger charge is -2.27. The number of ether oxygens (including phenoxy) is 1. The van der Waals surface area contributed by atoms with E-state index < -0.39 is 0 Å². The molecular formula is C11H20O2. The van der Waals surface area contributed by atoms with Crippen LogP contribution in [0.25, 0.3) is 0 Å². The predicted octanol–water partition coefficient (Wildman–Crippen LogP) is 2.13. The molecule has 1 aliphatic rings. The Morgan fingerprint density at radius 1 is 1.38 bits per heavy atom. The third-order valence-electron chi connectivity index (χ3n) is 2.62. The van der Waals surface area contributed by atoms with Crippen molar-refractivity contribution in [1.29, 1.82) is 0 Å². The molecule has 1 N–H and O–H groups in total. The van der Waals surface area contributed by atoms with Crippen LogP contribution in [-0.2, 0) is 4.74 Å². The van der Waals surface area contributed by atoms with Gasteiger partial charge in [0.25, 0.3) is 0 Å². The lowest BCUT2D eigenvalue weighted by atomic mass is 9.88. The third-order valence-corrected chi connectivity index (χ3v) is 2.62. The standard InChI is InChI=1S/C11H20O2/c1-9(2)8-13-11-5-3-10(7-12)4-6-11/h10-12H,1,3-8H2,2H3. The minimum absolute atomic E-state index is 0.340. The quantitative estimate of drug-likeness (QED) is 0.678. The van der Waals surface area contributed by atoms with Gasteiger partial charge in [-0.2, -0.15) is 0 Å². The van der Waals surface area contributed by atoms with Gasteiger partial charge in [-0.1, -0.05) is 12.2 Å².